The van der Waals surface area contributed by atoms with Crippen molar-refractivity contribution in [2.75, 3.05) is 0 Å². The van der Waals surface area contributed by atoms with Crippen molar-refractivity contribution in [3.05, 3.63) is 77.9 Å². The van der Waals surface area contributed by atoms with E-state index in [9.17, 15) is 9.59 Å². The highest BCUT2D eigenvalue weighted by molar-refractivity contribution is 5.98. The van der Waals surface area contributed by atoms with Crippen molar-refractivity contribution in [3.63, 3.8) is 0 Å². The van der Waals surface area contributed by atoms with Crippen molar-refractivity contribution in [3.8, 4) is 5.69 Å². The van der Waals surface area contributed by atoms with Gasteiger partial charge in [0.2, 0.25) is 5.91 Å². The van der Waals surface area contributed by atoms with E-state index in [1.165, 1.54) is 11.9 Å². The summed E-state index contributed by atoms with van der Waals surface area (Å²) in [5, 5.41) is 7.05. The zero-order valence-electron chi connectivity index (χ0n) is 16.8. The highest BCUT2D eigenvalue weighted by atomic mass is 16.2. The van der Waals surface area contributed by atoms with Gasteiger partial charge in [-0.1, -0.05) is 49.7 Å². The monoisotopic (exact) mass is 390 g/mol. The average molecular weight is 390 g/mol. The Morgan fingerprint density at radius 1 is 1.03 bits per heavy atom. The van der Waals surface area contributed by atoms with Gasteiger partial charge in [0, 0.05) is 18.4 Å². The number of aromatic nitrogens is 3. The lowest BCUT2D eigenvalue weighted by Crippen LogP contribution is -2.27. The quantitative estimate of drug-likeness (QED) is 0.559. The first-order valence-electron chi connectivity index (χ1n) is 9.93. The first-order chi connectivity index (χ1) is 14.1. The lowest BCUT2D eigenvalue weighted by molar-refractivity contribution is -0.121. The predicted octanol–water partition coefficient (Wildman–Crippen LogP) is 4.06. The molecule has 0 aliphatic rings. The molecule has 0 bridgehead atoms. The maximum atomic E-state index is 12.3. The molecular formula is C23H26N4O2. The first kappa shape index (κ1) is 20.5. The maximum Gasteiger partial charge on any atom is 0.220 e. The minimum Gasteiger partial charge on any atom is -0.350 e. The van der Waals surface area contributed by atoms with Crippen molar-refractivity contribution in [1.82, 2.24) is 20.1 Å². The Kier molecular flexibility index (Phi) is 6.89. The van der Waals surface area contributed by atoms with Crippen molar-refractivity contribution >= 4 is 11.7 Å². The topological polar surface area (TPSA) is 76.9 Å². The highest BCUT2D eigenvalue weighted by Gasteiger charge is 2.13. The molecule has 0 aliphatic carbocycles. The number of aryl methyl sites for hydroxylation is 1. The molecule has 1 atom stereocenters. The Labute approximate surface area is 171 Å². The molecule has 3 rings (SSSR count). The Balaban J connectivity index is 1.49. The molecule has 3 aromatic rings. The third-order valence-corrected chi connectivity index (χ3v) is 4.85. The van der Waals surface area contributed by atoms with Crippen LogP contribution in [0.15, 0.2) is 61.2 Å². The van der Waals surface area contributed by atoms with E-state index in [-0.39, 0.29) is 30.6 Å². The minimum absolute atomic E-state index is 0.00645. The summed E-state index contributed by atoms with van der Waals surface area (Å²) >= 11 is 0. The molecule has 1 unspecified atom stereocenters. The molecule has 1 N–H and O–H groups in total. The van der Waals surface area contributed by atoms with E-state index < -0.39 is 0 Å². The summed E-state index contributed by atoms with van der Waals surface area (Å²) in [6.45, 7) is 4.06. The zero-order valence-corrected chi connectivity index (χ0v) is 16.8. The van der Waals surface area contributed by atoms with E-state index in [1.807, 2.05) is 55.5 Å². The second kappa shape index (κ2) is 9.78. The molecule has 6 nitrogen and oxygen atoms in total. The van der Waals surface area contributed by atoms with Gasteiger partial charge in [0.25, 0.3) is 0 Å². The van der Waals surface area contributed by atoms with Gasteiger partial charge < -0.3 is 5.32 Å². The summed E-state index contributed by atoms with van der Waals surface area (Å²) in [5.41, 5.74) is 3.78. The Hall–Kier alpha value is -3.28. The van der Waals surface area contributed by atoms with Crippen LogP contribution in [0, 0.1) is 0 Å². The van der Waals surface area contributed by atoms with Gasteiger partial charge in [0.15, 0.2) is 5.78 Å². The third-order valence-electron chi connectivity index (χ3n) is 4.85. The minimum atomic E-state index is -0.143. The van der Waals surface area contributed by atoms with Gasteiger partial charge in [-0.05, 0) is 36.6 Å². The van der Waals surface area contributed by atoms with Crippen LogP contribution in [0.4, 0.5) is 0 Å². The van der Waals surface area contributed by atoms with Crippen molar-refractivity contribution in [2.24, 2.45) is 0 Å². The number of amides is 1. The van der Waals surface area contributed by atoms with Crippen LogP contribution in [0.1, 0.15) is 60.6 Å². The molecule has 0 fully saturated rings. The third kappa shape index (κ3) is 5.60. The van der Waals surface area contributed by atoms with Crippen LogP contribution in [-0.4, -0.2) is 26.5 Å². The average Bonchev–Trinajstić information content (AvgIpc) is 3.28. The molecule has 0 aliphatic heterocycles. The molecular weight excluding hydrogens is 364 g/mol. The SMILES string of the molecule is CCCc1ccc(C(=O)CCC(=O)NC(C)c2ccc(-n3cncn3)cc2)cc1. The van der Waals surface area contributed by atoms with Gasteiger partial charge >= 0.3 is 0 Å². The second-order valence-electron chi connectivity index (χ2n) is 7.09. The Morgan fingerprint density at radius 3 is 2.38 bits per heavy atom. The fraction of sp³-hybridized carbons (Fsp3) is 0.304. The number of benzene rings is 2. The molecule has 0 radical (unpaired) electrons. The van der Waals surface area contributed by atoms with Gasteiger partial charge in [-0.15, -0.1) is 0 Å². The van der Waals surface area contributed by atoms with Crippen molar-refractivity contribution < 1.29 is 9.59 Å². The molecule has 29 heavy (non-hydrogen) atoms. The summed E-state index contributed by atoms with van der Waals surface area (Å²) in [5.74, 6) is -0.137. The Morgan fingerprint density at radius 2 is 1.76 bits per heavy atom. The van der Waals surface area contributed by atoms with Gasteiger partial charge in [-0.2, -0.15) is 5.10 Å². The standard InChI is InChI=1S/C23H26N4O2/c1-3-4-18-5-7-20(8-6-18)22(28)13-14-23(29)26-17(2)19-9-11-21(12-10-19)27-16-24-15-25-27/h5-12,15-17H,3-4,13-14H2,1-2H3,(H,26,29). The van der Waals surface area contributed by atoms with E-state index in [2.05, 4.69) is 22.3 Å². The number of nitrogens with zero attached hydrogens (tertiary/aromatic N) is 3. The van der Waals surface area contributed by atoms with Crippen LogP contribution < -0.4 is 5.32 Å². The molecule has 0 saturated heterocycles. The molecule has 1 heterocycles. The summed E-state index contributed by atoms with van der Waals surface area (Å²) in [6.07, 6.45) is 5.59. The zero-order chi connectivity index (χ0) is 20.6. The lowest BCUT2D eigenvalue weighted by Gasteiger charge is -2.15. The normalized spacial score (nSPS) is 11.8. The number of Topliss-reactive ketones (excluding diaryl/α,β-unsaturated/α-hetero) is 1. The molecule has 6 heteroatoms. The predicted molar refractivity (Wildman–Crippen MR) is 112 cm³/mol. The van der Waals surface area contributed by atoms with E-state index in [1.54, 1.807) is 11.0 Å². The molecule has 0 spiro atoms. The first-order valence-corrected chi connectivity index (χ1v) is 9.93. The van der Waals surface area contributed by atoms with Gasteiger partial charge in [0.1, 0.15) is 12.7 Å². The number of rotatable bonds is 9. The van der Waals surface area contributed by atoms with Crippen LogP contribution in [0.2, 0.25) is 0 Å². The smallest absolute Gasteiger partial charge is 0.220 e. The summed E-state index contributed by atoms with van der Waals surface area (Å²) in [7, 11) is 0. The summed E-state index contributed by atoms with van der Waals surface area (Å²) < 4.78 is 1.67. The largest absolute Gasteiger partial charge is 0.350 e. The molecule has 0 saturated carbocycles. The van der Waals surface area contributed by atoms with E-state index in [0.29, 0.717) is 5.56 Å². The summed E-state index contributed by atoms with van der Waals surface area (Å²) in [6, 6.07) is 15.3. The molecule has 1 aromatic heterocycles. The van der Waals surface area contributed by atoms with E-state index in [0.717, 1.165) is 24.1 Å². The van der Waals surface area contributed by atoms with Crippen molar-refractivity contribution in [2.45, 2.75) is 45.6 Å². The molecule has 150 valence electrons. The Bertz CT molecular complexity index is 932. The van der Waals surface area contributed by atoms with Crippen LogP contribution >= 0.6 is 0 Å². The summed E-state index contributed by atoms with van der Waals surface area (Å²) in [4.78, 5) is 28.5. The molecule has 1 amide bonds. The number of hydrogen-bond acceptors (Lipinski definition) is 4. The fourth-order valence-electron chi connectivity index (χ4n) is 3.17. The van der Waals surface area contributed by atoms with Crippen molar-refractivity contribution in [1.29, 1.82) is 0 Å². The number of nitrogens with one attached hydrogen (secondary N) is 1. The number of carbonyl (C=O) groups excluding carboxylic acids is 2. The van der Waals surface area contributed by atoms with Crippen LogP contribution in [0.5, 0.6) is 0 Å². The lowest BCUT2D eigenvalue weighted by atomic mass is 10.0. The van der Waals surface area contributed by atoms with Crippen LogP contribution in [0.25, 0.3) is 5.69 Å². The fourth-order valence-corrected chi connectivity index (χ4v) is 3.17. The number of ketones is 1. The molecule has 2 aromatic carbocycles. The van der Waals surface area contributed by atoms with E-state index >= 15 is 0 Å². The number of hydrogen-bond donors (Lipinski definition) is 1. The maximum absolute atomic E-state index is 12.3. The highest BCUT2D eigenvalue weighted by Crippen LogP contribution is 2.16. The van der Waals surface area contributed by atoms with Gasteiger partial charge in [-0.3, -0.25) is 9.59 Å². The van der Waals surface area contributed by atoms with Gasteiger partial charge in [-0.25, -0.2) is 9.67 Å². The van der Waals surface area contributed by atoms with Crippen LogP contribution in [-0.2, 0) is 11.2 Å². The number of carbonyl (C=O) groups is 2. The van der Waals surface area contributed by atoms with Gasteiger partial charge in [0.05, 0.1) is 11.7 Å². The van der Waals surface area contributed by atoms with Crippen LogP contribution in [0.3, 0.4) is 0 Å². The second-order valence-corrected chi connectivity index (χ2v) is 7.09. The van der Waals surface area contributed by atoms with E-state index in [4.69, 9.17) is 0 Å².